The third-order valence-electron chi connectivity index (χ3n) is 2.35. The fourth-order valence-electron chi connectivity index (χ4n) is 1.32. The highest BCUT2D eigenvalue weighted by atomic mass is 16.1. The molecule has 2 heteroatoms. The Morgan fingerprint density at radius 1 is 1.07 bits per heavy atom. The van der Waals surface area contributed by atoms with Crippen LogP contribution in [0.15, 0.2) is 0 Å². The first-order valence-electron chi connectivity index (χ1n) is 5.96. The van der Waals surface area contributed by atoms with Crippen LogP contribution in [0.2, 0.25) is 0 Å². The maximum atomic E-state index is 11.2. The SMILES string of the molecule is CCCCCCCCNC(=O)C(C)C. The van der Waals surface area contributed by atoms with Gasteiger partial charge < -0.3 is 5.32 Å². The number of unbranched alkanes of at least 4 members (excludes halogenated alkanes) is 5. The number of amides is 1. The summed E-state index contributed by atoms with van der Waals surface area (Å²) in [5.74, 6) is 0.300. The topological polar surface area (TPSA) is 29.1 Å². The molecule has 0 aromatic rings. The molecule has 0 saturated heterocycles. The molecule has 0 saturated carbocycles. The van der Waals surface area contributed by atoms with E-state index in [-0.39, 0.29) is 11.8 Å². The molecule has 0 aromatic heterocycles. The molecule has 0 bridgehead atoms. The van der Waals surface area contributed by atoms with Gasteiger partial charge in [-0.25, -0.2) is 0 Å². The van der Waals surface area contributed by atoms with Crippen molar-refractivity contribution in [3.63, 3.8) is 0 Å². The van der Waals surface area contributed by atoms with Crippen molar-refractivity contribution in [2.24, 2.45) is 5.92 Å². The van der Waals surface area contributed by atoms with E-state index < -0.39 is 0 Å². The minimum absolute atomic E-state index is 0.120. The summed E-state index contributed by atoms with van der Waals surface area (Å²) in [5, 5.41) is 2.93. The van der Waals surface area contributed by atoms with Crippen LogP contribution in [0.4, 0.5) is 0 Å². The van der Waals surface area contributed by atoms with Gasteiger partial charge in [-0.1, -0.05) is 52.9 Å². The van der Waals surface area contributed by atoms with Crippen molar-refractivity contribution in [3.05, 3.63) is 0 Å². The van der Waals surface area contributed by atoms with Gasteiger partial charge in [0.15, 0.2) is 0 Å². The van der Waals surface area contributed by atoms with Crippen LogP contribution in [-0.4, -0.2) is 12.5 Å². The lowest BCUT2D eigenvalue weighted by atomic mass is 10.1. The Kier molecular flexibility index (Phi) is 8.70. The molecule has 0 fully saturated rings. The zero-order valence-electron chi connectivity index (χ0n) is 9.94. The third kappa shape index (κ3) is 8.09. The molecule has 0 aliphatic heterocycles. The molecule has 0 aliphatic carbocycles. The smallest absolute Gasteiger partial charge is 0.222 e. The summed E-state index contributed by atoms with van der Waals surface area (Å²) in [5.41, 5.74) is 0. The molecule has 14 heavy (non-hydrogen) atoms. The fourth-order valence-corrected chi connectivity index (χ4v) is 1.32. The summed E-state index contributed by atoms with van der Waals surface area (Å²) >= 11 is 0. The Balaban J connectivity index is 3.10. The van der Waals surface area contributed by atoms with E-state index in [4.69, 9.17) is 0 Å². The first-order valence-corrected chi connectivity index (χ1v) is 5.96. The molecule has 84 valence electrons. The van der Waals surface area contributed by atoms with Gasteiger partial charge in [-0.05, 0) is 6.42 Å². The summed E-state index contributed by atoms with van der Waals surface area (Å²) in [6, 6.07) is 0. The second kappa shape index (κ2) is 9.04. The highest BCUT2D eigenvalue weighted by Crippen LogP contribution is 2.04. The minimum atomic E-state index is 0.120. The molecule has 0 unspecified atom stereocenters. The van der Waals surface area contributed by atoms with Crippen LogP contribution >= 0.6 is 0 Å². The van der Waals surface area contributed by atoms with Gasteiger partial charge in [0.2, 0.25) is 5.91 Å². The van der Waals surface area contributed by atoms with E-state index >= 15 is 0 Å². The molecule has 1 amide bonds. The van der Waals surface area contributed by atoms with Crippen molar-refractivity contribution in [2.45, 2.75) is 59.3 Å². The first kappa shape index (κ1) is 13.5. The lowest BCUT2D eigenvalue weighted by Gasteiger charge is -2.06. The van der Waals surface area contributed by atoms with E-state index in [1.165, 1.54) is 32.1 Å². The van der Waals surface area contributed by atoms with Gasteiger partial charge in [-0.3, -0.25) is 4.79 Å². The minimum Gasteiger partial charge on any atom is -0.356 e. The Morgan fingerprint density at radius 2 is 1.64 bits per heavy atom. The van der Waals surface area contributed by atoms with Crippen LogP contribution in [0.5, 0.6) is 0 Å². The van der Waals surface area contributed by atoms with E-state index in [2.05, 4.69) is 12.2 Å². The zero-order valence-corrected chi connectivity index (χ0v) is 9.94. The highest BCUT2D eigenvalue weighted by molar-refractivity contribution is 5.77. The number of rotatable bonds is 8. The van der Waals surface area contributed by atoms with E-state index in [1.807, 2.05) is 13.8 Å². The van der Waals surface area contributed by atoms with E-state index in [9.17, 15) is 4.79 Å². The van der Waals surface area contributed by atoms with Crippen molar-refractivity contribution in [1.29, 1.82) is 0 Å². The third-order valence-corrected chi connectivity index (χ3v) is 2.35. The zero-order chi connectivity index (χ0) is 10.8. The second-order valence-electron chi connectivity index (χ2n) is 4.21. The van der Waals surface area contributed by atoms with Crippen molar-refractivity contribution in [1.82, 2.24) is 5.32 Å². The van der Waals surface area contributed by atoms with Gasteiger partial charge in [0.25, 0.3) is 0 Å². The largest absolute Gasteiger partial charge is 0.356 e. The Morgan fingerprint density at radius 3 is 2.21 bits per heavy atom. The first-order chi connectivity index (χ1) is 6.68. The lowest BCUT2D eigenvalue weighted by Crippen LogP contribution is -2.28. The van der Waals surface area contributed by atoms with Gasteiger partial charge in [0.05, 0.1) is 0 Å². The maximum Gasteiger partial charge on any atom is 0.222 e. The summed E-state index contributed by atoms with van der Waals surface area (Å²) < 4.78 is 0. The molecule has 0 spiro atoms. The predicted octanol–water partition coefficient (Wildman–Crippen LogP) is 3.12. The lowest BCUT2D eigenvalue weighted by molar-refractivity contribution is -0.123. The summed E-state index contributed by atoms with van der Waals surface area (Å²) in [6.45, 7) is 6.93. The van der Waals surface area contributed by atoms with Crippen LogP contribution in [-0.2, 0) is 4.79 Å². The highest BCUT2D eigenvalue weighted by Gasteiger charge is 2.04. The van der Waals surface area contributed by atoms with Gasteiger partial charge >= 0.3 is 0 Å². The molecule has 0 heterocycles. The van der Waals surface area contributed by atoms with Crippen LogP contribution in [0, 0.1) is 5.92 Å². The molecule has 0 rings (SSSR count). The van der Waals surface area contributed by atoms with Crippen LogP contribution in [0.25, 0.3) is 0 Å². The maximum absolute atomic E-state index is 11.2. The number of carbonyl (C=O) groups excluding carboxylic acids is 1. The van der Waals surface area contributed by atoms with Crippen molar-refractivity contribution in [2.75, 3.05) is 6.54 Å². The quantitative estimate of drug-likeness (QED) is 0.598. The van der Waals surface area contributed by atoms with Gasteiger partial charge in [0, 0.05) is 12.5 Å². The van der Waals surface area contributed by atoms with Gasteiger partial charge in [-0.15, -0.1) is 0 Å². The van der Waals surface area contributed by atoms with Crippen LogP contribution in [0.1, 0.15) is 59.3 Å². The Hall–Kier alpha value is -0.530. The van der Waals surface area contributed by atoms with Gasteiger partial charge in [0.1, 0.15) is 0 Å². The van der Waals surface area contributed by atoms with Crippen molar-refractivity contribution in [3.8, 4) is 0 Å². The normalized spacial score (nSPS) is 10.6. The number of hydrogen-bond acceptors (Lipinski definition) is 1. The second-order valence-corrected chi connectivity index (χ2v) is 4.21. The average Bonchev–Trinajstić information content (AvgIpc) is 2.16. The van der Waals surface area contributed by atoms with Gasteiger partial charge in [-0.2, -0.15) is 0 Å². The molecule has 1 N–H and O–H groups in total. The Bertz CT molecular complexity index is 143. The summed E-state index contributed by atoms with van der Waals surface area (Å²) in [7, 11) is 0. The van der Waals surface area contributed by atoms with Crippen LogP contribution in [0.3, 0.4) is 0 Å². The summed E-state index contributed by atoms with van der Waals surface area (Å²) in [6.07, 6.45) is 7.67. The van der Waals surface area contributed by atoms with E-state index in [1.54, 1.807) is 0 Å². The number of nitrogens with one attached hydrogen (secondary N) is 1. The predicted molar refractivity (Wildman–Crippen MR) is 61.2 cm³/mol. The van der Waals surface area contributed by atoms with E-state index in [0.717, 1.165) is 13.0 Å². The molecular weight excluding hydrogens is 174 g/mol. The molecule has 0 aromatic carbocycles. The average molecular weight is 199 g/mol. The molecule has 0 aliphatic rings. The standard InChI is InChI=1S/C12H25NO/c1-4-5-6-7-8-9-10-13-12(14)11(2)3/h11H,4-10H2,1-3H3,(H,13,14). The molecule has 0 radical (unpaired) electrons. The van der Waals surface area contributed by atoms with Crippen LogP contribution < -0.4 is 5.32 Å². The molecular formula is C12H25NO. The molecule has 2 nitrogen and oxygen atoms in total. The fraction of sp³-hybridized carbons (Fsp3) is 0.917. The monoisotopic (exact) mass is 199 g/mol. The number of hydrogen-bond donors (Lipinski definition) is 1. The molecule has 0 atom stereocenters. The summed E-state index contributed by atoms with van der Waals surface area (Å²) in [4.78, 5) is 11.2. The number of carbonyl (C=O) groups is 1. The van der Waals surface area contributed by atoms with Crippen molar-refractivity contribution < 1.29 is 4.79 Å². The van der Waals surface area contributed by atoms with Crippen molar-refractivity contribution >= 4 is 5.91 Å². The Labute approximate surface area is 88.5 Å². The van der Waals surface area contributed by atoms with E-state index in [0.29, 0.717) is 0 Å².